The van der Waals surface area contributed by atoms with Crippen molar-refractivity contribution in [2.75, 3.05) is 19.8 Å². The van der Waals surface area contributed by atoms with Crippen molar-refractivity contribution < 1.29 is 18.3 Å². The Morgan fingerprint density at radius 3 is 2.58 bits per heavy atom. The number of sulfonamides is 1. The number of pyridine rings is 1. The molecule has 7 nitrogen and oxygen atoms in total. The molecule has 0 radical (unpaired) electrons. The molecule has 0 unspecified atom stereocenters. The number of H-pyrrole nitrogens is 1. The van der Waals surface area contributed by atoms with Gasteiger partial charge in [0.25, 0.3) is 0 Å². The fraction of sp³-hybridized carbons (Fsp3) is 0.545. The highest BCUT2D eigenvalue weighted by Crippen LogP contribution is 2.22. The van der Waals surface area contributed by atoms with E-state index in [9.17, 15) is 18.3 Å². The number of aromatic nitrogens is 1. The van der Waals surface area contributed by atoms with Gasteiger partial charge in [0.05, 0.1) is 17.0 Å². The van der Waals surface area contributed by atoms with Crippen LogP contribution in [0, 0.1) is 0 Å². The molecule has 0 aliphatic carbocycles. The third-order valence-corrected chi connectivity index (χ3v) is 4.75. The molecule has 106 valence electrons. The van der Waals surface area contributed by atoms with E-state index >= 15 is 0 Å². The molecule has 8 heteroatoms. The third kappa shape index (κ3) is 3.21. The molecule has 2 rings (SSSR count). The van der Waals surface area contributed by atoms with Crippen LogP contribution in [0.25, 0.3) is 0 Å². The lowest BCUT2D eigenvalue weighted by molar-refractivity contribution is 0.0223. The van der Waals surface area contributed by atoms with Gasteiger partial charge in [-0.05, 0) is 18.9 Å². The second-order valence-corrected chi connectivity index (χ2v) is 6.23. The van der Waals surface area contributed by atoms with Crippen molar-refractivity contribution in [2.45, 2.75) is 23.3 Å². The van der Waals surface area contributed by atoms with E-state index < -0.39 is 15.6 Å². The number of rotatable bonds is 4. The predicted octanol–water partition coefficient (Wildman–Crippen LogP) is -0.805. The number of nitrogens with one attached hydrogen (secondary N) is 2. The summed E-state index contributed by atoms with van der Waals surface area (Å²) in [5.41, 5.74) is -1.27. The molecule has 3 N–H and O–H groups in total. The summed E-state index contributed by atoms with van der Waals surface area (Å²) in [6.45, 7) is 0.502. The van der Waals surface area contributed by atoms with E-state index in [0.717, 1.165) is 12.3 Å². The maximum atomic E-state index is 12.2. The zero-order chi connectivity index (χ0) is 13.9. The van der Waals surface area contributed by atoms with Crippen molar-refractivity contribution in [3.8, 4) is 0 Å². The average Bonchev–Trinajstić information content (AvgIpc) is 2.40. The van der Waals surface area contributed by atoms with Crippen LogP contribution in [0.1, 0.15) is 12.8 Å². The number of hydrogen-bond acceptors (Lipinski definition) is 5. The molecule has 1 aliphatic rings. The van der Waals surface area contributed by atoms with Crippen molar-refractivity contribution in [1.82, 2.24) is 9.71 Å². The fourth-order valence-electron chi connectivity index (χ4n) is 1.96. The molecule has 1 fully saturated rings. The molecule has 1 saturated heterocycles. The zero-order valence-electron chi connectivity index (χ0n) is 10.3. The normalized spacial score (nSPS) is 19.2. The highest BCUT2D eigenvalue weighted by molar-refractivity contribution is 7.89. The first-order chi connectivity index (χ1) is 8.97. The van der Waals surface area contributed by atoms with Gasteiger partial charge in [-0.25, -0.2) is 13.1 Å². The summed E-state index contributed by atoms with van der Waals surface area (Å²) in [5.74, 6) is 0. The Labute approximate surface area is 110 Å². The highest BCUT2D eigenvalue weighted by Gasteiger charge is 2.36. The lowest BCUT2D eigenvalue weighted by Gasteiger charge is -2.35. The molecule has 0 amide bonds. The van der Waals surface area contributed by atoms with Gasteiger partial charge in [-0.1, -0.05) is 0 Å². The molecule has 1 aromatic heterocycles. The first kappa shape index (κ1) is 14.2. The summed E-state index contributed by atoms with van der Waals surface area (Å²) >= 11 is 0. The Kier molecular flexibility index (Phi) is 4.04. The van der Waals surface area contributed by atoms with E-state index in [1.807, 2.05) is 0 Å². The number of aliphatic hydroxyl groups is 1. The first-order valence-electron chi connectivity index (χ1n) is 5.89. The summed E-state index contributed by atoms with van der Waals surface area (Å²) in [7, 11) is -3.78. The van der Waals surface area contributed by atoms with Crippen molar-refractivity contribution >= 4 is 10.0 Å². The SMILES string of the molecule is O=c1ccc(S(=O)(=O)NC2(CO)CCOCC2)c[nH]1. The zero-order valence-corrected chi connectivity index (χ0v) is 11.1. The monoisotopic (exact) mass is 288 g/mol. The van der Waals surface area contributed by atoms with E-state index in [-0.39, 0.29) is 17.1 Å². The maximum absolute atomic E-state index is 12.2. The molecule has 0 spiro atoms. The van der Waals surface area contributed by atoms with Gasteiger partial charge in [0.15, 0.2) is 0 Å². The van der Waals surface area contributed by atoms with Gasteiger partial charge in [0.2, 0.25) is 15.6 Å². The van der Waals surface area contributed by atoms with Gasteiger partial charge >= 0.3 is 0 Å². The second-order valence-electron chi connectivity index (χ2n) is 4.54. The highest BCUT2D eigenvalue weighted by atomic mass is 32.2. The van der Waals surface area contributed by atoms with Crippen LogP contribution in [-0.4, -0.2) is 43.9 Å². The van der Waals surface area contributed by atoms with E-state index in [4.69, 9.17) is 4.74 Å². The smallest absolute Gasteiger partial charge is 0.247 e. The van der Waals surface area contributed by atoms with Gasteiger partial charge in [-0.2, -0.15) is 0 Å². The lowest BCUT2D eigenvalue weighted by atomic mass is 9.93. The number of ether oxygens (including phenoxy) is 1. The molecular formula is C11H16N2O5S. The van der Waals surface area contributed by atoms with Crippen LogP contribution in [-0.2, 0) is 14.8 Å². The Morgan fingerprint density at radius 2 is 2.05 bits per heavy atom. The van der Waals surface area contributed by atoms with Crippen LogP contribution >= 0.6 is 0 Å². The lowest BCUT2D eigenvalue weighted by Crippen LogP contribution is -2.54. The van der Waals surface area contributed by atoms with Crippen LogP contribution in [0.5, 0.6) is 0 Å². The molecular weight excluding hydrogens is 272 g/mol. The van der Waals surface area contributed by atoms with Crippen molar-refractivity contribution in [3.63, 3.8) is 0 Å². The fourth-order valence-corrected chi connectivity index (χ4v) is 3.38. The van der Waals surface area contributed by atoms with Crippen molar-refractivity contribution in [1.29, 1.82) is 0 Å². The van der Waals surface area contributed by atoms with E-state index in [0.29, 0.717) is 26.1 Å². The van der Waals surface area contributed by atoms with Crippen LogP contribution < -0.4 is 10.3 Å². The average molecular weight is 288 g/mol. The largest absolute Gasteiger partial charge is 0.394 e. The van der Waals surface area contributed by atoms with Gasteiger partial charge < -0.3 is 14.8 Å². The summed E-state index contributed by atoms with van der Waals surface area (Å²) in [5, 5.41) is 9.46. The Morgan fingerprint density at radius 1 is 1.37 bits per heavy atom. The molecule has 0 atom stereocenters. The predicted molar refractivity (Wildman–Crippen MR) is 67.3 cm³/mol. The van der Waals surface area contributed by atoms with Crippen LogP contribution in [0.4, 0.5) is 0 Å². The van der Waals surface area contributed by atoms with Gasteiger partial charge in [0, 0.05) is 25.5 Å². The number of hydrogen-bond donors (Lipinski definition) is 3. The van der Waals surface area contributed by atoms with Gasteiger partial charge in [-0.3, -0.25) is 4.79 Å². The minimum atomic E-state index is -3.78. The van der Waals surface area contributed by atoms with Gasteiger partial charge in [-0.15, -0.1) is 0 Å². The number of aliphatic hydroxyl groups excluding tert-OH is 1. The third-order valence-electron chi connectivity index (χ3n) is 3.17. The Bertz CT molecular complexity index is 569. The molecule has 19 heavy (non-hydrogen) atoms. The van der Waals surface area contributed by atoms with Crippen LogP contribution in [0.2, 0.25) is 0 Å². The summed E-state index contributed by atoms with van der Waals surface area (Å²) in [6, 6.07) is 2.37. The molecule has 0 bridgehead atoms. The van der Waals surface area contributed by atoms with E-state index in [1.165, 1.54) is 6.07 Å². The maximum Gasteiger partial charge on any atom is 0.247 e. The van der Waals surface area contributed by atoms with Crippen molar-refractivity contribution in [3.05, 3.63) is 28.7 Å². The van der Waals surface area contributed by atoms with Crippen LogP contribution in [0.15, 0.2) is 28.0 Å². The standard InChI is InChI=1S/C11H16N2O5S/c14-8-11(3-5-18-6-4-11)13-19(16,17)9-1-2-10(15)12-7-9/h1-2,7,13-14H,3-6,8H2,(H,12,15). The molecule has 0 aromatic carbocycles. The van der Waals surface area contributed by atoms with Crippen molar-refractivity contribution in [2.24, 2.45) is 0 Å². The first-order valence-corrected chi connectivity index (χ1v) is 7.37. The van der Waals surface area contributed by atoms with E-state index in [2.05, 4.69) is 9.71 Å². The molecule has 1 aliphatic heterocycles. The number of aromatic amines is 1. The summed E-state index contributed by atoms with van der Waals surface area (Å²) in [6.07, 6.45) is 1.95. The van der Waals surface area contributed by atoms with E-state index in [1.54, 1.807) is 0 Å². The molecule has 2 heterocycles. The molecule has 0 saturated carbocycles. The quantitative estimate of drug-likeness (QED) is 0.672. The Hall–Kier alpha value is -1.22. The summed E-state index contributed by atoms with van der Waals surface area (Å²) < 4.78 is 32.1. The van der Waals surface area contributed by atoms with Gasteiger partial charge in [0.1, 0.15) is 0 Å². The second kappa shape index (κ2) is 5.41. The summed E-state index contributed by atoms with van der Waals surface area (Å²) in [4.78, 5) is 13.2. The van der Waals surface area contributed by atoms with Crippen LogP contribution in [0.3, 0.4) is 0 Å². The minimum absolute atomic E-state index is 0.0357. The minimum Gasteiger partial charge on any atom is -0.394 e. The topological polar surface area (TPSA) is 108 Å². The Balaban J connectivity index is 2.24. The molecule has 1 aromatic rings.